The van der Waals surface area contributed by atoms with Crippen molar-refractivity contribution in [3.63, 3.8) is 0 Å². The van der Waals surface area contributed by atoms with Crippen LogP contribution < -0.4 is 0 Å². The minimum absolute atomic E-state index is 0.464. The van der Waals surface area contributed by atoms with Crippen LogP contribution in [0.25, 0.3) is 195 Å². The molecular formula is C128H82N6S4. The number of aromatic nitrogens is 6. The van der Waals surface area contributed by atoms with Gasteiger partial charge in [-0.25, -0.2) is 29.9 Å². The number of fused-ring (bicyclic) bond motifs is 12. The second-order valence-corrected chi connectivity index (χ2v) is 39.2. The molecular weight excluding hydrogens is 1750 g/mol. The van der Waals surface area contributed by atoms with Gasteiger partial charge < -0.3 is 0 Å². The van der Waals surface area contributed by atoms with Crippen LogP contribution in [0.1, 0.15) is 44.5 Å². The Morgan fingerprint density at radius 1 is 0.159 bits per heavy atom. The number of benzene rings is 18. The highest BCUT2D eigenvalue weighted by atomic mass is 32.1. The first-order chi connectivity index (χ1) is 68.4. The van der Waals surface area contributed by atoms with Crippen LogP contribution in [0.15, 0.2) is 497 Å². The Morgan fingerprint density at radius 2 is 0.457 bits per heavy atom. The number of rotatable bonds is 15. The Bertz CT molecular complexity index is 8710. The average molecular weight is 1830 g/mol. The molecule has 27 rings (SSSR count). The monoisotopic (exact) mass is 1830 g/mol. The molecule has 0 fully saturated rings. The van der Waals surface area contributed by atoms with E-state index in [1.165, 1.54) is 134 Å². The lowest BCUT2D eigenvalue weighted by Crippen LogP contribution is -2.28. The topological polar surface area (TPSA) is 77.3 Å². The lowest BCUT2D eigenvalue weighted by Gasteiger charge is -2.33. The summed E-state index contributed by atoms with van der Waals surface area (Å²) >= 11 is 7.16. The van der Waals surface area contributed by atoms with Gasteiger partial charge in [-0.05, 0) is 184 Å². The number of hydrogen-bond donors (Lipinski definition) is 0. The zero-order chi connectivity index (χ0) is 91.5. The molecule has 138 heavy (non-hydrogen) atoms. The quantitative estimate of drug-likeness (QED) is 0.102. The van der Waals surface area contributed by atoms with Gasteiger partial charge in [0.1, 0.15) is 0 Å². The maximum atomic E-state index is 5.43. The Labute approximate surface area is 816 Å². The molecule has 0 aliphatic heterocycles. The molecule has 2 aliphatic carbocycles. The first kappa shape index (κ1) is 83.1. The van der Waals surface area contributed by atoms with Crippen molar-refractivity contribution < 1.29 is 0 Å². The summed E-state index contributed by atoms with van der Waals surface area (Å²) in [6.45, 7) is 0. The Hall–Kier alpha value is -16.7. The van der Waals surface area contributed by atoms with E-state index in [4.69, 9.17) is 29.9 Å². The van der Waals surface area contributed by atoms with E-state index in [1.54, 1.807) is 34.0 Å². The van der Waals surface area contributed by atoms with E-state index in [0.717, 1.165) is 99.4 Å². The summed E-state index contributed by atoms with van der Waals surface area (Å²) in [6, 6.07) is 178. The van der Waals surface area contributed by atoms with E-state index in [1.807, 2.05) is 23.5 Å². The van der Waals surface area contributed by atoms with Gasteiger partial charge in [0.2, 0.25) is 0 Å². The van der Waals surface area contributed by atoms with Gasteiger partial charge in [-0.1, -0.05) is 419 Å². The second-order valence-electron chi connectivity index (χ2n) is 34.9. The molecule has 0 N–H and O–H groups in total. The van der Waals surface area contributed by atoms with Crippen molar-refractivity contribution in [2.45, 2.75) is 10.8 Å². The van der Waals surface area contributed by atoms with Crippen LogP contribution in [0.3, 0.4) is 0 Å². The fourth-order valence-corrected chi connectivity index (χ4v) is 24.8. The third kappa shape index (κ3) is 14.9. The zero-order valence-corrected chi connectivity index (χ0v) is 77.9. The molecule has 18 aromatic carbocycles. The summed E-state index contributed by atoms with van der Waals surface area (Å²) < 4.78 is 6.36. The maximum Gasteiger partial charge on any atom is 0.160 e. The molecule has 7 aromatic heterocycles. The standard InChI is InChI=1S/C49H32N2S.C43H28N2S.C36H22N2S2/c1-4-16-33(17-5-1)34-19-14-20-36(30-34)48-50-43(32-44(51-48)46-31-35-18-10-13-29-45(35)52-46)40-26-15-28-42-47(40)39-25-11-12-27-41(39)49(42,37-21-6-2-7-22-37)38-23-8-3-9-24-38;1-4-15-29(16-5-1)42-44-37(28-38(45-42)40-27-30-17-10-13-26-39(30)46-40)34-23-14-25-36-41(34)33-22-11-12-24-35(33)43(36,31-18-6-2-7-19-31)32-20-8-3-9-21-32;1-2-8-23(9-3-1)24-14-16-25(17-15-24)36-37-30(22-31(38-36)35-21-27-10-4-6-12-32(27)39-35)26-18-19-34-29(20-26)28-11-5-7-13-33(28)40-34/h1-32H;1-28H;1-22H. The first-order valence-electron chi connectivity index (χ1n) is 46.5. The van der Waals surface area contributed by atoms with Gasteiger partial charge in [0.05, 0.1) is 59.6 Å². The normalized spacial score (nSPS) is 12.5. The van der Waals surface area contributed by atoms with Crippen molar-refractivity contribution in [3.8, 4) is 144 Å². The summed E-state index contributed by atoms with van der Waals surface area (Å²) in [5.41, 5.74) is 30.6. The lowest BCUT2D eigenvalue weighted by atomic mass is 9.67. The first-order valence-corrected chi connectivity index (χ1v) is 49.8. The van der Waals surface area contributed by atoms with Gasteiger partial charge in [0.25, 0.3) is 0 Å². The van der Waals surface area contributed by atoms with E-state index in [-0.39, 0.29) is 0 Å². The summed E-state index contributed by atoms with van der Waals surface area (Å²) in [5, 5.41) is 6.26. The molecule has 0 spiro atoms. The summed E-state index contributed by atoms with van der Waals surface area (Å²) in [6.07, 6.45) is 0. The number of thiophene rings is 4. The van der Waals surface area contributed by atoms with E-state index in [2.05, 4.69) is 485 Å². The molecule has 648 valence electrons. The third-order valence-corrected chi connectivity index (χ3v) is 31.5. The van der Waals surface area contributed by atoms with Crippen LogP contribution in [0.5, 0.6) is 0 Å². The molecule has 0 amide bonds. The van der Waals surface area contributed by atoms with Crippen LogP contribution in [-0.4, -0.2) is 29.9 Å². The zero-order valence-electron chi connectivity index (χ0n) is 74.7. The van der Waals surface area contributed by atoms with Crippen LogP contribution in [0.4, 0.5) is 0 Å². The largest absolute Gasteiger partial charge is 0.228 e. The highest BCUT2D eigenvalue weighted by Crippen LogP contribution is 2.61. The molecule has 0 saturated heterocycles. The van der Waals surface area contributed by atoms with Crippen LogP contribution in [0, 0.1) is 0 Å². The SMILES string of the molecule is c1ccc(-c2ccc(-c3nc(-c4ccc5sc6ccccc6c5c4)cc(-c4cc5ccccc5s4)n3)cc2)cc1.c1ccc(-c2cccc(-c3nc(-c4cc5ccccc5s4)cc(-c4cccc5c4-c4ccccc4C5(c4ccccc4)c4ccccc4)n3)c2)cc1.c1ccc(-c2nc(-c3cc4ccccc4s3)cc(-c3cccc4c3-c3ccccc3C4(c3ccccc3)c3ccccc3)n2)cc1. The molecule has 25 aromatic rings. The molecule has 0 saturated carbocycles. The Balaban J connectivity index is 0.000000111. The summed E-state index contributed by atoms with van der Waals surface area (Å²) in [5.74, 6) is 2.18. The highest BCUT2D eigenvalue weighted by molar-refractivity contribution is 7.26. The van der Waals surface area contributed by atoms with Crippen LogP contribution >= 0.6 is 45.3 Å². The predicted molar refractivity (Wildman–Crippen MR) is 580 cm³/mol. The fraction of sp³-hybridized carbons (Fsp3) is 0.0156. The average Bonchev–Trinajstić information content (AvgIpc) is 1.53. The molecule has 6 nitrogen and oxygen atoms in total. The predicted octanol–water partition coefficient (Wildman–Crippen LogP) is 34.5. The number of hydrogen-bond acceptors (Lipinski definition) is 10. The minimum atomic E-state index is -0.487. The van der Waals surface area contributed by atoms with E-state index in [0.29, 0.717) is 5.82 Å². The molecule has 10 heteroatoms. The lowest BCUT2D eigenvalue weighted by molar-refractivity contribution is 0.768. The molecule has 7 heterocycles. The van der Waals surface area contributed by atoms with E-state index in [9.17, 15) is 0 Å². The van der Waals surface area contributed by atoms with Crippen molar-refractivity contribution in [2.24, 2.45) is 0 Å². The van der Waals surface area contributed by atoms with Gasteiger partial charge in [0, 0.05) is 67.7 Å². The van der Waals surface area contributed by atoms with Crippen LogP contribution in [0.2, 0.25) is 0 Å². The summed E-state index contributed by atoms with van der Waals surface area (Å²) in [7, 11) is 0. The van der Waals surface area contributed by atoms with Crippen molar-refractivity contribution in [1.29, 1.82) is 0 Å². The molecule has 2 aliphatic rings. The van der Waals surface area contributed by atoms with Gasteiger partial charge in [-0.2, -0.15) is 0 Å². The molecule has 0 atom stereocenters. The van der Waals surface area contributed by atoms with E-state index < -0.39 is 10.8 Å². The summed E-state index contributed by atoms with van der Waals surface area (Å²) in [4.78, 5) is 34.8. The van der Waals surface area contributed by atoms with E-state index >= 15 is 0 Å². The third-order valence-electron chi connectivity index (χ3n) is 26.9. The molecule has 0 unspecified atom stereocenters. The van der Waals surface area contributed by atoms with Crippen LogP contribution in [-0.2, 0) is 10.8 Å². The van der Waals surface area contributed by atoms with Gasteiger partial charge in [-0.3, -0.25) is 0 Å². The van der Waals surface area contributed by atoms with Crippen molar-refractivity contribution in [1.82, 2.24) is 29.9 Å². The van der Waals surface area contributed by atoms with Gasteiger partial charge >= 0.3 is 0 Å². The fourth-order valence-electron chi connectivity index (χ4n) is 20.7. The maximum absolute atomic E-state index is 5.43. The Kier molecular flexibility index (Phi) is 21.5. The van der Waals surface area contributed by atoms with Crippen molar-refractivity contribution in [2.75, 3.05) is 0 Å². The molecule has 0 radical (unpaired) electrons. The molecule has 0 bridgehead atoms. The minimum Gasteiger partial charge on any atom is -0.228 e. The Morgan fingerprint density at radius 3 is 0.913 bits per heavy atom. The highest BCUT2D eigenvalue weighted by Gasteiger charge is 2.49. The van der Waals surface area contributed by atoms with Gasteiger partial charge in [-0.15, -0.1) is 45.3 Å². The van der Waals surface area contributed by atoms with Crippen molar-refractivity contribution >= 4 is 95.8 Å². The van der Waals surface area contributed by atoms with Crippen molar-refractivity contribution in [3.05, 3.63) is 542 Å². The smallest absolute Gasteiger partial charge is 0.160 e. The van der Waals surface area contributed by atoms with Gasteiger partial charge in [0.15, 0.2) is 17.5 Å². The number of nitrogens with zero attached hydrogens (tertiary/aromatic N) is 6. The second kappa shape index (κ2) is 35.6.